The Labute approximate surface area is 141 Å². The standard InChI is InChI=1S/C18H22N4O2/c1-24-16-6-4-14(5-7-16)8-9-19-17(23)15-12-20-18(21-13-15)22-10-2-3-11-22/h4-7,12-13H,2-3,8-11H2,1H3,(H,19,23). The quantitative estimate of drug-likeness (QED) is 0.880. The Hall–Kier alpha value is -2.63. The molecule has 2 heterocycles. The molecule has 1 N–H and O–H groups in total. The fourth-order valence-electron chi connectivity index (χ4n) is 2.73. The van der Waals surface area contributed by atoms with Crippen LogP contribution in [0.5, 0.6) is 5.75 Å². The molecule has 1 saturated heterocycles. The molecule has 1 aromatic heterocycles. The predicted octanol–water partition coefficient (Wildman–Crippen LogP) is 2.06. The summed E-state index contributed by atoms with van der Waals surface area (Å²) in [6.07, 6.45) is 6.32. The van der Waals surface area contributed by atoms with E-state index in [1.165, 1.54) is 12.8 Å². The number of carbonyl (C=O) groups excluding carboxylic acids is 1. The summed E-state index contributed by atoms with van der Waals surface area (Å²) in [4.78, 5) is 22.9. The van der Waals surface area contributed by atoms with E-state index in [4.69, 9.17) is 4.74 Å². The molecule has 1 aliphatic rings. The van der Waals surface area contributed by atoms with Crippen LogP contribution in [0.4, 0.5) is 5.95 Å². The summed E-state index contributed by atoms with van der Waals surface area (Å²) in [5.74, 6) is 1.40. The molecule has 0 spiro atoms. The van der Waals surface area contributed by atoms with Crippen molar-refractivity contribution in [1.29, 1.82) is 0 Å². The first-order valence-corrected chi connectivity index (χ1v) is 8.24. The lowest BCUT2D eigenvalue weighted by Gasteiger charge is -2.14. The molecule has 126 valence electrons. The fourth-order valence-corrected chi connectivity index (χ4v) is 2.73. The highest BCUT2D eigenvalue weighted by Gasteiger charge is 2.15. The maximum Gasteiger partial charge on any atom is 0.254 e. The molecule has 1 fully saturated rings. The Bertz CT molecular complexity index is 664. The summed E-state index contributed by atoms with van der Waals surface area (Å²) in [6, 6.07) is 7.84. The molecule has 1 aromatic carbocycles. The number of rotatable bonds is 6. The number of hydrogen-bond donors (Lipinski definition) is 1. The van der Waals surface area contributed by atoms with Gasteiger partial charge in [-0.1, -0.05) is 12.1 Å². The van der Waals surface area contributed by atoms with Gasteiger partial charge in [-0.05, 0) is 37.0 Å². The first-order valence-electron chi connectivity index (χ1n) is 8.24. The van der Waals surface area contributed by atoms with Crippen molar-refractivity contribution < 1.29 is 9.53 Å². The van der Waals surface area contributed by atoms with Crippen LogP contribution in [0.3, 0.4) is 0 Å². The Morgan fingerprint density at radius 2 is 1.83 bits per heavy atom. The number of ether oxygens (including phenoxy) is 1. The number of aromatic nitrogens is 2. The smallest absolute Gasteiger partial charge is 0.254 e. The van der Waals surface area contributed by atoms with E-state index in [1.807, 2.05) is 24.3 Å². The summed E-state index contributed by atoms with van der Waals surface area (Å²) in [6.45, 7) is 2.56. The van der Waals surface area contributed by atoms with Gasteiger partial charge in [-0.2, -0.15) is 0 Å². The Morgan fingerprint density at radius 1 is 1.17 bits per heavy atom. The second kappa shape index (κ2) is 7.77. The van der Waals surface area contributed by atoms with Crippen LogP contribution in [0.15, 0.2) is 36.7 Å². The van der Waals surface area contributed by atoms with Crippen molar-refractivity contribution in [3.8, 4) is 5.75 Å². The van der Waals surface area contributed by atoms with Gasteiger partial charge < -0.3 is 15.0 Å². The summed E-state index contributed by atoms with van der Waals surface area (Å²) < 4.78 is 5.13. The van der Waals surface area contributed by atoms with Crippen molar-refractivity contribution in [2.24, 2.45) is 0 Å². The lowest BCUT2D eigenvalue weighted by Crippen LogP contribution is -2.26. The first kappa shape index (κ1) is 16.2. The topological polar surface area (TPSA) is 67.3 Å². The second-order valence-electron chi connectivity index (χ2n) is 5.82. The number of methoxy groups -OCH3 is 1. The SMILES string of the molecule is COc1ccc(CCNC(=O)c2cnc(N3CCCC3)nc2)cc1. The zero-order chi connectivity index (χ0) is 16.8. The van der Waals surface area contributed by atoms with E-state index in [0.29, 0.717) is 18.1 Å². The van der Waals surface area contributed by atoms with Gasteiger partial charge in [0.1, 0.15) is 5.75 Å². The largest absolute Gasteiger partial charge is 0.497 e. The summed E-state index contributed by atoms with van der Waals surface area (Å²) in [7, 11) is 1.65. The van der Waals surface area contributed by atoms with E-state index < -0.39 is 0 Å². The van der Waals surface area contributed by atoms with Gasteiger partial charge in [0.2, 0.25) is 5.95 Å². The number of hydrogen-bond acceptors (Lipinski definition) is 5. The summed E-state index contributed by atoms with van der Waals surface area (Å²) in [5, 5.41) is 2.90. The molecule has 0 aliphatic carbocycles. The van der Waals surface area contributed by atoms with Crippen LogP contribution in [0.25, 0.3) is 0 Å². The van der Waals surface area contributed by atoms with Crippen LogP contribution in [0.2, 0.25) is 0 Å². The van der Waals surface area contributed by atoms with Gasteiger partial charge in [-0.3, -0.25) is 4.79 Å². The minimum Gasteiger partial charge on any atom is -0.497 e. The van der Waals surface area contributed by atoms with Gasteiger partial charge >= 0.3 is 0 Å². The molecule has 0 unspecified atom stereocenters. The lowest BCUT2D eigenvalue weighted by molar-refractivity contribution is 0.0953. The number of nitrogens with zero attached hydrogens (tertiary/aromatic N) is 3. The van der Waals surface area contributed by atoms with Crippen LogP contribution < -0.4 is 15.0 Å². The van der Waals surface area contributed by atoms with Gasteiger partial charge in [0.25, 0.3) is 5.91 Å². The molecule has 1 aliphatic heterocycles. The molecule has 6 heteroatoms. The third-order valence-electron chi connectivity index (χ3n) is 4.15. The van der Waals surface area contributed by atoms with Crippen LogP contribution in [-0.4, -0.2) is 42.6 Å². The summed E-state index contributed by atoms with van der Waals surface area (Å²) >= 11 is 0. The van der Waals surface area contributed by atoms with Gasteiger partial charge in [0.15, 0.2) is 0 Å². The number of anilines is 1. The maximum absolute atomic E-state index is 12.1. The van der Waals surface area contributed by atoms with Crippen LogP contribution in [0.1, 0.15) is 28.8 Å². The van der Waals surface area contributed by atoms with Crippen molar-refractivity contribution in [2.75, 3.05) is 31.6 Å². The average molecular weight is 326 g/mol. The molecule has 1 amide bonds. The Morgan fingerprint density at radius 3 is 2.46 bits per heavy atom. The third-order valence-corrected chi connectivity index (χ3v) is 4.15. The number of amides is 1. The highest BCUT2D eigenvalue weighted by Crippen LogP contribution is 2.15. The van der Waals surface area contributed by atoms with E-state index >= 15 is 0 Å². The van der Waals surface area contributed by atoms with Crippen molar-refractivity contribution >= 4 is 11.9 Å². The fraction of sp³-hybridized carbons (Fsp3) is 0.389. The highest BCUT2D eigenvalue weighted by molar-refractivity contribution is 5.93. The number of carbonyl (C=O) groups is 1. The van der Waals surface area contributed by atoms with E-state index in [-0.39, 0.29) is 5.91 Å². The van der Waals surface area contributed by atoms with Crippen LogP contribution in [-0.2, 0) is 6.42 Å². The van der Waals surface area contributed by atoms with E-state index in [0.717, 1.165) is 30.8 Å². The lowest BCUT2D eigenvalue weighted by atomic mass is 10.1. The average Bonchev–Trinajstić information content (AvgIpc) is 3.17. The van der Waals surface area contributed by atoms with Crippen molar-refractivity contribution in [3.05, 3.63) is 47.8 Å². The molecule has 6 nitrogen and oxygen atoms in total. The first-order chi connectivity index (χ1) is 11.8. The summed E-state index contributed by atoms with van der Waals surface area (Å²) in [5.41, 5.74) is 1.64. The Balaban J connectivity index is 1.49. The molecule has 0 atom stereocenters. The monoisotopic (exact) mass is 326 g/mol. The van der Waals surface area contributed by atoms with Crippen LogP contribution in [0, 0.1) is 0 Å². The van der Waals surface area contributed by atoms with Gasteiger partial charge in [0, 0.05) is 32.0 Å². The molecule has 0 bridgehead atoms. The van der Waals surface area contributed by atoms with Gasteiger partial charge in [-0.25, -0.2) is 9.97 Å². The van der Waals surface area contributed by atoms with Crippen molar-refractivity contribution in [1.82, 2.24) is 15.3 Å². The van der Waals surface area contributed by atoms with Crippen LogP contribution >= 0.6 is 0 Å². The predicted molar refractivity (Wildman–Crippen MR) is 92.5 cm³/mol. The molecule has 0 saturated carbocycles. The van der Waals surface area contributed by atoms with Crippen molar-refractivity contribution in [3.63, 3.8) is 0 Å². The molecule has 2 aromatic rings. The second-order valence-corrected chi connectivity index (χ2v) is 5.82. The molecular formula is C18H22N4O2. The maximum atomic E-state index is 12.1. The zero-order valence-corrected chi connectivity index (χ0v) is 13.9. The van der Waals surface area contributed by atoms with Gasteiger partial charge in [-0.15, -0.1) is 0 Å². The number of nitrogens with one attached hydrogen (secondary N) is 1. The molecule has 3 rings (SSSR count). The number of benzene rings is 1. The molecule has 0 radical (unpaired) electrons. The Kier molecular flexibility index (Phi) is 5.25. The molecule has 24 heavy (non-hydrogen) atoms. The highest BCUT2D eigenvalue weighted by atomic mass is 16.5. The van der Waals surface area contributed by atoms with Gasteiger partial charge in [0.05, 0.1) is 12.7 Å². The van der Waals surface area contributed by atoms with E-state index in [1.54, 1.807) is 19.5 Å². The van der Waals surface area contributed by atoms with Crippen molar-refractivity contribution in [2.45, 2.75) is 19.3 Å². The van der Waals surface area contributed by atoms with E-state index in [2.05, 4.69) is 20.2 Å². The third kappa shape index (κ3) is 4.01. The normalized spacial score (nSPS) is 13.8. The zero-order valence-electron chi connectivity index (χ0n) is 13.9. The van der Waals surface area contributed by atoms with E-state index in [9.17, 15) is 4.79 Å². The molecular weight excluding hydrogens is 304 g/mol. The minimum absolute atomic E-state index is 0.142. The minimum atomic E-state index is -0.142.